The van der Waals surface area contributed by atoms with Crippen LogP contribution in [0.1, 0.15) is 18.9 Å². The molecule has 0 bridgehead atoms. The number of ether oxygens (including phenoxy) is 1. The predicted octanol–water partition coefficient (Wildman–Crippen LogP) is 4.48. The van der Waals surface area contributed by atoms with Crippen LogP contribution in [-0.2, 0) is 11.2 Å². The summed E-state index contributed by atoms with van der Waals surface area (Å²) in [5.41, 5.74) is 0.897. The summed E-state index contributed by atoms with van der Waals surface area (Å²) in [5, 5.41) is 4.05. The quantitative estimate of drug-likeness (QED) is 0.751. The molecule has 1 aromatic rings. The van der Waals surface area contributed by atoms with E-state index in [9.17, 15) is 13.2 Å². The molecule has 0 fully saturated rings. The van der Waals surface area contributed by atoms with Crippen LogP contribution in [0.4, 0.5) is 13.2 Å². The smallest absolute Gasteiger partial charge is 0.370 e. The lowest BCUT2D eigenvalue weighted by molar-refractivity contribution is -0.175. The van der Waals surface area contributed by atoms with Gasteiger partial charge in [-0.25, -0.2) is 0 Å². The second kappa shape index (κ2) is 8.83. The molecule has 2 nitrogen and oxygen atoms in total. The molecule has 1 rings (SSSR count). The first-order valence-corrected chi connectivity index (χ1v) is 7.39. The van der Waals surface area contributed by atoms with Crippen LogP contribution >= 0.6 is 23.2 Å². The minimum Gasteiger partial charge on any atom is -0.370 e. The lowest BCUT2D eigenvalue weighted by Gasteiger charge is -2.19. The third-order valence-electron chi connectivity index (χ3n) is 2.73. The van der Waals surface area contributed by atoms with Crippen molar-refractivity contribution >= 4 is 23.2 Å². The van der Waals surface area contributed by atoms with Crippen LogP contribution < -0.4 is 5.32 Å². The maximum Gasteiger partial charge on any atom is 0.411 e. The molecule has 0 saturated heterocycles. The van der Waals surface area contributed by atoms with E-state index in [0.717, 1.165) is 12.0 Å². The summed E-state index contributed by atoms with van der Waals surface area (Å²) < 4.78 is 41.1. The number of alkyl halides is 3. The average Bonchev–Trinajstić information content (AvgIpc) is 2.38. The van der Waals surface area contributed by atoms with E-state index in [-0.39, 0.29) is 12.6 Å². The predicted molar refractivity (Wildman–Crippen MR) is 79.1 cm³/mol. The molecule has 0 aromatic heterocycles. The number of halogens is 5. The lowest BCUT2D eigenvalue weighted by Crippen LogP contribution is -2.37. The Kier molecular flexibility index (Phi) is 7.81. The molecule has 0 heterocycles. The van der Waals surface area contributed by atoms with E-state index in [1.54, 1.807) is 18.2 Å². The summed E-state index contributed by atoms with van der Waals surface area (Å²) in [6, 6.07) is 4.99. The second-order valence-corrected chi connectivity index (χ2v) is 5.55. The summed E-state index contributed by atoms with van der Waals surface area (Å²) in [4.78, 5) is 0. The van der Waals surface area contributed by atoms with Crippen LogP contribution in [0.15, 0.2) is 18.2 Å². The van der Waals surface area contributed by atoms with Gasteiger partial charge >= 0.3 is 6.18 Å². The molecule has 7 heteroatoms. The fourth-order valence-electron chi connectivity index (χ4n) is 1.81. The number of rotatable bonds is 8. The zero-order valence-electron chi connectivity index (χ0n) is 11.6. The fourth-order valence-corrected chi connectivity index (χ4v) is 2.13. The first-order valence-electron chi connectivity index (χ1n) is 6.63. The van der Waals surface area contributed by atoms with Gasteiger partial charge in [0, 0.05) is 6.04 Å². The third kappa shape index (κ3) is 7.90. The highest BCUT2D eigenvalue weighted by molar-refractivity contribution is 6.42. The third-order valence-corrected chi connectivity index (χ3v) is 3.47. The van der Waals surface area contributed by atoms with E-state index in [2.05, 4.69) is 5.32 Å². The average molecular weight is 344 g/mol. The van der Waals surface area contributed by atoms with Crippen molar-refractivity contribution in [1.29, 1.82) is 0 Å². The SMILES string of the molecule is CCCNC(COCC(F)(F)F)Cc1ccc(Cl)c(Cl)c1. The van der Waals surface area contributed by atoms with Crippen molar-refractivity contribution in [3.63, 3.8) is 0 Å². The highest BCUT2D eigenvalue weighted by atomic mass is 35.5. The maximum atomic E-state index is 12.1. The molecular weight excluding hydrogens is 326 g/mol. The summed E-state index contributed by atoms with van der Waals surface area (Å²) in [6.07, 6.45) is -2.90. The number of hydrogen-bond acceptors (Lipinski definition) is 2. The maximum absolute atomic E-state index is 12.1. The largest absolute Gasteiger partial charge is 0.411 e. The normalized spacial score (nSPS) is 13.4. The Morgan fingerprint density at radius 2 is 1.95 bits per heavy atom. The van der Waals surface area contributed by atoms with Gasteiger partial charge < -0.3 is 10.1 Å². The van der Waals surface area contributed by atoms with Gasteiger partial charge in [-0.1, -0.05) is 36.2 Å². The molecule has 1 N–H and O–H groups in total. The topological polar surface area (TPSA) is 21.3 Å². The van der Waals surface area contributed by atoms with Crippen LogP contribution in [-0.4, -0.2) is 32.0 Å². The van der Waals surface area contributed by atoms with Gasteiger partial charge in [0.15, 0.2) is 0 Å². The van der Waals surface area contributed by atoms with Gasteiger partial charge in [-0.2, -0.15) is 13.2 Å². The van der Waals surface area contributed by atoms with Gasteiger partial charge in [0.1, 0.15) is 6.61 Å². The summed E-state index contributed by atoms with van der Waals surface area (Å²) >= 11 is 11.8. The minimum absolute atomic E-state index is 0.0141. The fraction of sp³-hybridized carbons (Fsp3) is 0.571. The molecule has 21 heavy (non-hydrogen) atoms. The molecule has 0 aliphatic rings. The van der Waals surface area contributed by atoms with E-state index < -0.39 is 12.8 Å². The van der Waals surface area contributed by atoms with Crippen LogP contribution in [0.3, 0.4) is 0 Å². The molecule has 0 amide bonds. The molecule has 0 spiro atoms. The highest BCUT2D eigenvalue weighted by Gasteiger charge is 2.27. The summed E-state index contributed by atoms with van der Waals surface area (Å²) in [5.74, 6) is 0. The molecule has 0 radical (unpaired) electrons. The van der Waals surface area contributed by atoms with Gasteiger partial charge in [-0.05, 0) is 37.1 Å². The zero-order chi connectivity index (χ0) is 15.9. The van der Waals surface area contributed by atoms with Gasteiger partial charge in [0.05, 0.1) is 16.7 Å². The van der Waals surface area contributed by atoms with Crippen molar-refractivity contribution in [2.24, 2.45) is 0 Å². The first kappa shape index (κ1) is 18.6. The summed E-state index contributed by atoms with van der Waals surface area (Å²) in [6.45, 7) is 1.44. The molecule has 0 aliphatic carbocycles. The van der Waals surface area contributed by atoms with Crippen LogP contribution in [0, 0.1) is 0 Å². The van der Waals surface area contributed by atoms with Gasteiger partial charge in [0.25, 0.3) is 0 Å². The Morgan fingerprint density at radius 1 is 1.24 bits per heavy atom. The zero-order valence-corrected chi connectivity index (χ0v) is 13.2. The minimum atomic E-state index is -4.31. The van der Waals surface area contributed by atoms with Crippen LogP contribution in [0.5, 0.6) is 0 Å². The molecule has 1 unspecified atom stereocenters. The Balaban J connectivity index is 2.57. The molecular formula is C14H18Cl2F3NO. The van der Waals surface area contributed by atoms with E-state index in [0.29, 0.717) is 23.0 Å². The van der Waals surface area contributed by atoms with Gasteiger partial charge in [-0.15, -0.1) is 0 Å². The monoisotopic (exact) mass is 343 g/mol. The van der Waals surface area contributed by atoms with Crippen molar-refractivity contribution < 1.29 is 17.9 Å². The van der Waals surface area contributed by atoms with Crippen LogP contribution in [0.25, 0.3) is 0 Å². The molecule has 1 atom stereocenters. The first-order chi connectivity index (χ1) is 9.81. The Bertz CT molecular complexity index is 441. The van der Waals surface area contributed by atoms with Crippen molar-refractivity contribution in [2.75, 3.05) is 19.8 Å². The van der Waals surface area contributed by atoms with Crippen molar-refractivity contribution in [2.45, 2.75) is 32.0 Å². The second-order valence-electron chi connectivity index (χ2n) is 4.73. The van der Waals surface area contributed by atoms with Crippen molar-refractivity contribution in [3.05, 3.63) is 33.8 Å². The van der Waals surface area contributed by atoms with E-state index >= 15 is 0 Å². The lowest BCUT2D eigenvalue weighted by atomic mass is 10.1. The van der Waals surface area contributed by atoms with E-state index in [1.165, 1.54) is 0 Å². The van der Waals surface area contributed by atoms with E-state index in [1.807, 2.05) is 6.92 Å². The van der Waals surface area contributed by atoms with Gasteiger partial charge in [-0.3, -0.25) is 0 Å². The molecule has 1 aromatic carbocycles. The number of hydrogen-bond donors (Lipinski definition) is 1. The molecule has 0 aliphatic heterocycles. The highest BCUT2D eigenvalue weighted by Crippen LogP contribution is 2.23. The van der Waals surface area contributed by atoms with Crippen molar-refractivity contribution in [3.8, 4) is 0 Å². The molecule has 0 saturated carbocycles. The Morgan fingerprint density at radius 3 is 2.52 bits per heavy atom. The van der Waals surface area contributed by atoms with Crippen molar-refractivity contribution in [1.82, 2.24) is 5.32 Å². The number of benzene rings is 1. The van der Waals surface area contributed by atoms with E-state index in [4.69, 9.17) is 27.9 Å². The Labute approximate surface area is 132 Å². The van der Waals surface area contributed by atoms with Gasteiger partial charge in [0.2, 0.25) is 0 Å². The Hall–Kier alpha value is -0.490. The standard InChI is InChI=1S/C14H18Cl2F3NO/c1-2-5-20-11(8-21-9-14(17,18)19)6-10-3-4-12(15)13(16)7-10/h3-4,7,11,20H,2,5-6,8-9H2,1H3. The summed E-state index contributed by atoms with van der Waals surface area (Å²) in [7, 11) is 0. The van der Waals surface area contributed by atoms with Crippen LogP contribution in [0.2, 0.25) is 10.0 Å². The molecule has 120 valence electrons. The number of nitrogens with one attached hydrogen (secondary N) is 1.